The largest absolute Gasteiger partial charge is 0.338 e. The van der Waals surface area contributed by atoms with Gasteiger partial charge in [0, 0.05) is 0 Å². The first-order valence-corrected chi connectivity index (χ1v) is 6.67. The molecule has 0 heterocycles. The van der Waals surface area contributed by atoms with Crippen LogP contribution in [0.1, 0.15) is 32.1 Å². The molecular formula is C10H14Cl3NO2. The molecule has 0 spiro atoms. The fourth-order valence-electron chi connectivity index (χ4n) is 1.64. The van der Waals surface area contributed by atoms with Crippen molar-refractivity contribution in [3.63, 3.8) is 0 Å². The highest BCUT2D eigenvalue weighted by molar-refractivity contribution is 6.56. The minimum atomic E-state index is -0.836. The number of carbonyl (C=O) groups excluding carboxylic acids is 1. The van der Waals surface area contributed by atoms with Crippen molar-refractivity contribution in [2.24, 2.45) is 11.1 Å². The summed E-state index contributed by atoms with van der Waals surface area (Å²) in [6.45, 7) is 0. The van der Waals surface area contributed by atoms with Crippen molar-refractivity contribution < 1.29 is 9.63 Å². The first kappa shape index (κ1) is 14.1. The van der Waals surface area contributed by atoms with Crippen LogP contribution < -0.4 is 0 Å². The lowest BCUT2D eigenvalue weighted by Gasteiger charge is -2.18. The molecule has 0 aromatic rings. The van der Waals surface area contributed by atoms with Gasteiger partial charge in [0.25, 0.3) is 0 Å². The quantitative estimate of drug-likeness (QED) is 0.343. The maximum atomic E-state index is 11.6. The molecule has 0 aliphatic heterocycles. The van der Waals surface area contributed by atoms with E-state index in [1.165, 1.54) is 6.42 Å². The normalized spacial score (nSPS) is 18.9. The Balaban J connectivity index is 2.43. The lowest BCUT2D eigenvalue weighted by atomic mass is 9.89. The minimum Gasteiger partial charge on any atom is -0.318 e. The second-order valence-electron chi connectivity index (χ2n) is 3.76. The fraction of sp³-hybridized carbons (Fsp3) is 0.800. The number of carbonyl (C=O) groups is 1. The van der Waals surface area contributed by atoms with Crippen LogP contribution in [0.2, 0.25) is 0 Å². The zero-order valence-electron chi connectivity index (χ0n) is 8.79. The predicted molar refractivity (Wildman–Crippen MR) is 66.3 cm³/mol. The number of rotatable bonds is 4. The molecule has 0 aromatic heterocycles. The van der Waals surface area contributed by atoms with Gasteiger partial charge in [-0.1, -0.05) is 47.6 Å². The Kier molecular flexibility index (Phi) is 6.47. The minimum absolute atomic E-state index is 0.0434. The van der Waals surface area contributed by atoms with Crippen LogP contribution in [-0.4, -0.2) is 22.4 Å². The number of hydrogen-bond acceptors (Lipinski definition) is 3. The average Bonchev–Trinajstić information content (AvgIpc) is 2.30. The lowest BCUT2D eigenvalue weighted by molar-refractivity contribution is -0.149. The van der Waals surface area contributed by atoms with Gasteiger partial charge in [-0.25, -0.2) is 4.79 Å². The predicted octanol–water partition coefficient (Wildman–Crippen LogP) is 3.51. The van der Waals surface area contributed by atoms with Gasteiger partial charge in [-0.3, -0.25) is 0 Å². The highest BCUT2D eigenvalue weighted by Gasteiger charge is 2.23. The third-order valence-corrected chi connectivity index (χ3v) is 3.36. The topological polar surface area (TPSA) is 38.7 Å². The lowest BCUT2D eigenvalue weighted by Crippen LogP contribution is -2.20. The van der Waals surface area contributed by atoms with Gasteiger partial charge in [0.1, 0.15) is 10.5 Å². The monoisotopic (exact) mass is 285 g/mol. The van der Waals surface area contributed by atoms with Crippen molar-refractivity contribution in [2.45, 2.75) is 36.9 Å². The van der Waals surface area contributed by atoms with Crippen LogP contribution in [0.25, 0.3) is 0 Å². The van der Waals surface area contributed by atoms with Gasteiger partial charge in [0.15, 0.2) is 0 Å². The van der Waals surface area contributed by atoms with Gasteiger partial charge < -0.3 is 4.84 Å². The van der Waals surface area contributed by atoms with Gasteiger partial charge in [-0.15, -0.1) is 11.6 Å². The maximum absolute atomic E-state index is 11.6. The van der Waals surface area contributed by atoms with Crippen molar-refractivity contribution in [3.05, 3.63) is 0 Å². The Morgan fingerprint density at radius 3 is 2.44 bits per heavy atom. The third kappa shape index (κ3) is 4.48. The Bertz CT molecular complexity index is 263. The summed E-state index contributed by atoms with van der Waals surface area (Å²) in [6, 6.07) is 0. The van der Waals surface area contributed by atoms with E-state index in [-0.39, 0.29) is 23.5 Å². The van der Waals surface area contributed by atoms with Crippen LogP contribution in [0.5, 0.6) is 0 Å². The number of nitrogens with zero attached hydrogens (tertiary/aromatic N) is 1. The van der Waals surface area contributed by atoms with Crippen LogP contribution in [0.3, 0.4) is 0 Å². The zero-order valence-corrected chi connectivity index (χ0v) is 11.1. The Labute approximate surface area is 110 Å². The van der Waals surface area contributed by atoms with E-state index in [0.717, 1.165) is 25.7 Å². The van der Waals surface area contributed by atoms with Gasteiger partial charge in [0.05, 0.1) is 11.8 Å². The molecule has 1 rings (SSSR count). The molecule has 0 aromatic carbocycles. The molecular weight excluding hydrogens is 272 g/mol. The van der Waals surface area contributed by atoms with Crippen LogP contribution in [0.15, 0.2) is 5.16 Å². The molecule has 0 unspecified atom stereocenters. The van der Waals surface area contributed by atoms with Crippen molar-refractivity contribution >= 4 is 46.5 Å². The van der Waals surface area contributed by atoms with E-state index in [9.17, 15) is 4.79 Å². The van der Waals surface area contributed by atoms with Gasteiger partial charge in [0.2, 0.25) is 0 Å². The van der Waals surface area contributed by atoms with Crippen molar-refractivity contribution in [3.8, 4) is 0 Å². The summed E-state index contributed by atoms with van der Waals surface area (Å²) in [5.41, 5.74) is 0.258. The maximum Gasteiger partial charge on any atom is 0.338 e. The molecule has 1 saturated carbocycles. The SMILES string of the molecule is O=C(ON=C(CCl)C(Cl)Cl)C1CCCCC1. The first-order chi connectivity index (χ1) is 7.65. The number of halogens is 3. The van der Waals surface area contributed by atoms with Crippen LogP contribution in [0, 0.1) is 5.92 Å². The van der Waals surface area contributed by atoms with E-state index in [4.69, 9.17) is 39.6 Å². The second kappa shape index (κ2) is 7.36. The molecule has 1 aliphatic rings. The average molecular weight is 287 g/mol. The Morgan fingerprint density at radius 2 is 1.94 bits per heavy atom. The standard InChI is InChI=1S/C10H14Cl3NO2/c11-6-8(9(12)13)14-16-10(15)7-4-2-1-3-5-7/h7,9H,1-6H2. The van der Waals surface area contributed by atoms with Crippen molar-refractivity contribution in [1.29, 1.82) is 0 Å². The summed E-state index contributed by atoms with van der Waals surface area (Å²) in [5, 5.41) is 3.59. The highest BCUT2D eigenvalue weighted by Crippen LogP contribution is 2.24. The molecule has 1 fully saturated rings. The van der Waals surface area contributed by atoms with Crippen molar-refractivity contribution in [2.75, 3.05) is 5.88 Å². The number of alkyl halides is 3. The molecule has 0 saturated heterocycles. The summed E-state index contributed by atoms with van der Waals surface area (Å²) in [5.74, 6) is -0.301. The summed E-state index contributed by atoms with van der Waals surface area (Å²) in [6.07, 6.45) is 5.07. The van der Waals surface area contributed by atoms with Gasteiger partial charge >= 0.3 is 5.97 Å². The second-order valence-corrected chi connectivity index (χ2v) is 5.13. The van der Waals surface area contributed by atoms with E-state index in [0.29, 0.717) is 0 Å². The van der Waals surface area contributed by atoms with E-state index in [2.05, 4.69) is 5.16 Å². The summed E-state index contributed by atoms with van der Waals surface area (Å²) >= 11 is 16.7. The van der Waals surface area contributed by atoms with E-state index in [1.807, 2.05) is 0 Å². The summed E-state index contributed by atoms with van der Waals surface area (Å²) < 4.78 is 0. The molecule has 0 radical (unpaired) electrons. The first-order valence-electron chi connectivity index (χ1n) is 5.27. The molecule has 16 heavy (non-hydrogen) atoms. The van der Waals surface area contributed by atoms with Crippen LogP contribution >= 0.6 is 34.8 Å². The highest BCUT2D eigenvalue weighted by atomic mass is 35.5. The third-order valence-electron chi connectivity index (χ3n) is 2.58. The zero-order chi connectivity index (χ0) is 12.0. The molecule has 6 heteroatoms. The molecule has 0 bridgehead atoms. The van der Waals surface area contributed by atoms with E-state index in [1.54, 1.807) is 0 Å². The smallest absolute Gasteiger partial charge is 0.318 e. The number of hydrogen-bond donors (Lipinski definition) is 0. The molecule has 0 amide bonds. The van der Waals surface area contributed by atoms with E-state index >= 15 is 0 Å². The summed E-state index contributed by atoms with van der Waals surface area (Å²) in [7, 11) is 0. The Morgan fingerprint density at radius 1 is 1.31 bits per heavy atom. The molecule has 0 atom stereocenters. The Hall–Kier alpha value is 0.01000. The number of oxime groups is 1. The summed E-state index contributed by atoms with van der Waals surface area (Å²) in [4.78, 5) is 15.5. The van der Waals surface area contributed by atoms with E-state index < -0.39 is 4.84 Å². The van der Waals surface area contributed by atoms with Gasteiger partial charge in [-0.2, -0.15) is 0 Å². The van der Waals surface area contributed by atoms with Gasteiger partial charge in [-0.05, 0) is 12.8 Å². The molecule has 0 N–H and O–H groups in total. The van der Waals surface area contributed by atoms with Crippen LogP contribution in [0.4, 0.5) is 0 Å². The fourth-order valence-corrected chi connectivity index (χ4v) is 2.23. The van der Waals surface area contributed by atoms with Crippen molar-refractivity contribution in [1.82, 2.24) is 0 Å². The molecule has 1 aliphatic carbocycles. The molecule has 3 nitrogen and oxygen atoms in total. The van der Waals surface area contributed by atoms with Crippen LogP contribution in [-0.2, 0) is 9.63 Å². The molecule has 92 valence electrons.